The minimum Gasteiger partial charge on any atom is -0.466 e. The SMILES string of the molecule is CCOC(=O)Cc1csc(NC(=O)CCSc2nc3ccccc3c(=O)n2-c2ccccc2)n1. The first-order chi connectivity index (χ1) is 16.5. The Bertz CT molecular complexity index is 1370. The van der Waals surface area contributed by atoms with Crippen LogP contribution in [0.4, 0.5) is 5.13 Å². The van der Waals surface area contributed by atoms with E-state index in [4.69, 9.17) is 4.74 Å². The average Bonchev–Trinajstić information content (AvgIpc) is 3.26. The molecule has 2 heterocycles. The lowest BCUT2D eigenvalue weighted by molar-refractivity contribution is -0.142. The molecule has 0 saturated heterocycles. The van der Waals surface area contributed by atoms with Gasteiger partial charge >= 0.3 is 5.97 Å². The molecule has 0 spiro atoms. The Kier molecular flexibility index (Phi) is 7.71. The van der Waals surface area contributed by atoms with Gasteiger partial charge in [-0.2, -0.15) is 0 Å². The fourth-order valence-corrected chi connectivity index (χ4v) is 4.91. The molecular weight excluding hydrogens is 472 g/mol. The van der Waals surface area contributed by atoms with E-state index < -0.39 is 0 Å². The van der Waals surface area contributed by atoms with Crippen molar-refractivity contribution in [3.8, 4) is 5.69 Å². The molecule has 1 N–H and O–H groups in total. The number of nitrogens with zero attached hydrogens (tertiary/aromatic N) is 3. The molecule has 34 heavy (non-hydrogen) atoms. The van der Waals surface area contributed by atoms with E-state index in [0.29, 0.717) is 39.2 Å². The number of hydrogen-bond donors (Lipinski definition) is 1. The zero-order valence-electron chi connectivity index (χ0n) is 18.4. The van der Waals surface area contributed by atoms with Gasteiger partial charge in [0.1, 0.15) is 0 Å². The number of amides is 1. The summed E-state index contributed by atoms with van der Waals surface area (Å²) in [4.78, 5) is 46.1. The molecule has 8 nitrogen and oxygen atoms in total. The fourth-order valence-electron chi connectivity index (χ4n) is 3.24. The summed E-state index contributed by atoms with van der Waals surface area (Å²) in [5.41, 5.74) is 1.74. The molecule has 0 aliphatic heterocycles. The number of esters is 1. The van der Waals surface area contributed by atoms with E-state index in [2.05, 4.69) is 15.3 Å². The third-order valence-corrected chi connectivity index (χ3v) is 6.50. The lowest BCUT2D eigenvalue weighted by Crippen LogP contribution is -2.22. The van der Waals surface area contributed by atoms with Crippen molar-refractivity contribution in [2.45, 2.75) is 24.9 Å². The third-order valence-electron chi connectivity index (χ3n) is 4.75. The number of para-hydroxylation sites is 2. The highest BCUT2D eigenvalue weighted by atomic mass is 32.2. The molecule has 2 aromatic heterocycles. The maximum absolute atomic E-state index is 13.2. The van der Waals surface area contributed by atoms with E-state index in [1.54, 1.807) is 29.0 Å². The van der Waals surface area contributed by atoms with Gasteiger partial charge in [0.2, 0.25) is 5.91 Å². The number of nitrogens with one attached hydrogen (secondary N) is 1. The first kappa shape index (κ1) is 23.7. The minimum atomic E-state index is -0.352. The summed E-state index contributed by atoms with van der Waals surface area (Å²) in [6, 6.07) is 16.5. The van der Waals surface area contributed by atoms with Gasteiger partial charge < -0.3 is 10.1 Å². The molecule has 0 fully saturated rings. The topological polar surface area (TPSA) is 103 Å². The van der Waals surface area contributed by atoms with Crippen molar-refractivity contribution in [3.63, 3.8) is 0 Å². The highest BCUT2D eigenvalue weighted by molar-refractivity contribution is 7.99. The van der Waals surface area contributed by atoms with Gasteiger partial charge in [0.05, 0.1) is 35.3 Å². The van der Waals surface area contributed by atoms with Crippen LogP contribution in [0.15, 0.2) is 69.9 Å². The predicted molar refractivity (Wildman–Crippen MR) is 134 cm³/mol. The van der Waals surface area contributed by atoms with Crippen molar-refractivity contribution < 1.29 is 14.3 Å². The molecule has 174 valence electrons. The zero-order chi connectivity index (χ0) is 23.9. The van der Waals surface area contributed by atoms with Crippen LogP contribution in [0.5, 0.6) is 0 Å². The quantitative estimate of drug-likeness (QED) is 0.213. The van der Waals surface area contributed by atoms with Gasteiger partial charge in [-0.1, -0.05) is 42.1 Å². The predicted octanol–water partition coefficient (Wildman–Crippen LogP) is 4.07. The number of rotatable bonds is 9. The Morgan fingerprint density at radius 1 is 1.09 bits per heavy atom. The van der Waals surface area contributed by atoms with E-state index in [1.165, 1.54) is 23.1 Å². The van der Waals surface area contributed by atoms with Gasteiger partial charge in [-0.3, -0.25) is 19.0 Å². The molecule has 0 bridgehead atoms. The van der Waals surface area contributed by atoms with Crippen LogP contribution in [0.25, 0.3) is 16.6 Å². The van der Waals surface area contributed by atoms with Crippen molar-refractivity contribution >= 4 is 51.0 Å². The Balaban J connectivity index is 1.44. The largest absolute Gasteiger partial charge is 0.466 e. The van der Waals surface area contributed by atoms with Crippen molar-refractivity contribution in [1.82, 2.24) is 14.5 Å². The monoisotopic (exact) mass is 494 g/mol. The van der Waals surface area contributed by atoms with Gasteiger partial charge in [0, 0.05) is 17.6 Å². The molecule has 0 aliphatic carbocycles. The lowest BCUT2D eigenvalue weighted by Gasteiger charge is -2.13. The highest BCUT2D eigenvalue weighted by Gasteiger charge is 2.15. The van der Waals surface area contributed by atoms with Crippen molar-refractivity contribution in [2.24, 2.45) is 0 Å². The summed E-state index contributed by atoms with van der Waals surface area (Å²) in [6.45, 7) is 2.06. The molecule has 0 atom stereocenters. The molecule has 4 aromatic rings. The van der Waals surface area contributed by atoms with Crippen LogP contribution >= 0.6 is 23.1 Å². The molecule has 10 heteroatoms. The fraction of sp³-hybridized carbons (Fsp3) is 0.208. The molecule has 0 saturated carbocycles. The highest BCUT2D eigenvalue weighted by Crippen LogP contribution is 2.22. The standard InChI is InChI=1S/C24H22N4O4S2/c1-2-32-21(30)14-16-15-34-23(25-16)27-20(29)12-13-33-24-26-19-11-7-6-10-18(19)22(31)28(24)17-8-4-3-5-9-17/h3-11,15H,2,12-14H2,1H3,(H,25,27,29). The number of thioether (sulfide) groups is 1. The molecule has 2 aromatic carbocycles. The summed E-state index contributed by atoms with van der Waals surface area (Å²) >= 11 is 2.60. The van der Waals surface area contributed by atoms with Crippen LogP contribution in [0.3, 0.4) is 0 Å². The van der Waals surface area contributed by atoms with Crippen LogP contribution in [-0.4, -0.2) is 38.8 Å². The van der Waals surface area contributed by atoms with Crippen molar-refractivity contribution in [2.75, 3.05) is 17.7 Å². The van der Waals surface area contributed by atoms with Crippen molar-refractivity contribution in [3.05, 3.63) is 76.0 Å². The van der Waals surface area contributed by atoms with Gasteiger partial charge in [-0.05, 0) is 31.2 Å². The Morgan fingerprint density at radius 2 is 1.85 bits per heavy atom. The van der Waals surface area contributed by atoms with E-state index in [1.807, 2.05) is 42.5 Å². The van der Waals surface area contributed by atoms with E-state index in [9.17, 15) is 14.4 Å². The summed E-state index contributed by atoms with van der Waals surface area (Å²) in [5.74, 6) is -0.141. The number of carbonyl (C=O) groups is 2. The first-order valence-electron chi connectivity index (χ1n) is 10.6. The number of ether oxygens (including phenoxy) is 1. The molecule has 0 unspecified atom stereocenters. The second-order valence-corrected chi connectivity index (χ2v) is 9.08. The van der Waals surface area contributed by atoms with Gasteiger partial charge in [0.25, 0.3) is 5.56 Å². The molecule has 0 aliphatic rings. The first-order valence-corrected chi connectivity index (χ1v) is 12.5. The Labute approximate surface area is 204 Å². The summed E-state index contributed by atoms with van der Waals surface area (Å²) in [7, 11) is 0. The summed E-state index contributed by atoms with van der Waals surface area (Å²) < 4.78 is 6.49. The number of fused-ring (bicyclic) bond motifs is 1. The minimum absolute atomic E-state index is 0.0701. The van der Waals surface area contributed by atoms with E-state index >= 15 is 0 Å². The number of anilines is 1. The van der Waals surface area contributed by atoms with Gasteiger partial charge in [-0.15, -0.1) is 11.3 Å². The summed E-state index contributed by atoms with van der Waals surface area (Å²) in [5, 5.41) is 5.97. The lowest BCUT2D eigenvalue weighted by atomic mass is 10.2. The number of carbonyl (C=O) groups excluding carboxylic acids is 2. The normalized spacial score (nSPS) is 10.9. The number of aromatic nitrogens is 3. The Morgan fingerprint density at radius 3 is 2.65 bits per heavy atom. The maximum atomic E-state index is 13.2. The second-order valence-electron chi connectivity index (χ2n) is 7.16. The van der Waals surface area contributed by atoms with Crippen molar-refractivity contribution in [1.29, 1.82) is 0 Å². The molecule has 0 radical (unpaired) electrons. The number of hydrogen-bond acceptors (Lipinski definition) is 8. The van der Waals surface area contributed by atoms with E-state index in [0.717, 1.165) is 5.69 Å². The number of benzene rings is 2. The maximum Gasteiger partial charge on any atom is 0.311 e. The smallest absolute Gasteiger partial charge is 0.311 e. The van der Waals surface area contributed by atoms with Crippen LogP contribution in [0, 0.1) is 0 Å². The zero-order valence-corrected chi connectivity index (χ0v) is 20.0. The Hall–Kier alpha value is -3.50. The van der Waals surface area contributed by atoms with Gasteiger partial charge in [-0.25, -0.2) is 9.97 Å². The summed E-state index contributed by atoms with van der Waals surface area (Å²) in [6.07, 6.45) is 0.273. The van der Waals surface area contributed by atoms with Crippen LogP contribution in [0.2, 0.25) is 0 Å². The average molecular weight is 495 g/mol. The third kappa shape index (κ3) is 5.70. The number of thiazole rings is 1. The van der Waals surface area contributed by atoms with Crippen LogP contribution < -0.4 is 10.9 Å². The molecular formula is C24H22N4O4S2. The van der Waals surface area contributed by atoms with Crippen LogP contribution in [0.1, 0.15) is 19.0 Å². The van der Waals surface area contributed by atoms with E-state index in [-0.39, 0.29) is 30.3 Å². The molecule has 4 rings (SSSR count). The van der Waals surface area contributed by atoms with Gasteiger partial charge in [0.15, 0.2) is 10.3 Å². The van der Waals surface area contributed by atoms with Crippen LogP contribution in [-0.2, 0) is 20.7 Å². The molecule has 1 amide bonds. The second kappa shape index (κ2) is 11.1.